The molecule has 1 aromatic heterocycles. The van der Waals surface area contributed by atoms with E-state index in [0.717, 1.165) is 0 Å². The number of allylic oxidation sites excluding steroid dienone is 1. The third-order valence-corrected chi connectivity index (χ3v) is 1.27. The maximum atomic E-state index is 8.45. The van der Waals surface area contributed by atoms with Crippen molar-refractivity contribution in [2.75, 3.05) is 5.73 Å². The molecule has 0 aromatic carbocycles. The second-order valence-corrected chi connectivity index (χ2v) is 2.06. The lowest BCUT2D eigenvalue weighted by molar-refractivity contribution is 1.32. The standard InChI is InChI=1S/C8H7N3/c1-6(4-9)7-2-3-8(10)11-5-7/h2-3,5H,1H2,(H2,10,11). The average Bonchev–Trinajstić information content (AvgIpc) is 2.05. The summed E-state index contributed by atoms with van der Waals surface area (Å²) in [6, 6.07) is 5.28. The molecule has 1 rings (SSSR count). The number of pyridine rings is 1. The summed E-state index contributed by atoms with van der Waals surface area (Å²) in [5, 5.41) is 8.45. The molecule has 0 saturated carbocycles. The third kappa shape index (κ3) is 1.55. The van der Waals surface area contributed by atoms with Crippen LogP contribution in [-0.2, 0) is 0 Å². The van der Waals surface area contributed by atoms with Crippen molar-refractivity contribution in [3.8, 4) is 6.07 Å². The van der Waals surface area contributed by atoms with Gasteiger partial charge in [0, 0.05) is 11.8 Å². The van der Waals surface area contributed by atoms with Crippen LogP contribution in [0.2, 0.25) is 0 Å². The molecule has 11 heavy (non-hydrogen) atoms. The number of nitriles is 1. The first-order valence-electron chi connectivity index (χ1n) is 3.05. The van der Waals surface area contributed by atoms with Gasteiger partial charge in [-0.1, -0.05) is 6.58 Å². The molecule has 0 unspecified atom stereocenters. The predicted octanol–water partition coefficient (Wildman–Crippen LogP) is 1.20. The molecule has 0 aliphatic rings. The molecule has 2 N–H and O–H groups in total. The largest absolute Gasteiger partial charge is 0.384 e. The van der Waals surface area contributed by atoms with Crippen LogP contribution in [0.15, 0.2) is 24.9 Å². The number of aromatic nitrogens is 1. The molecule has 0 fully saturated rings. The Hall–Kier alpha value is -1.82. The van der Waals surface area contributed by atoms with Crippen LogP contribution in [-0.4, -0.2) is 4.98 Å². The molecule has 0 radical (unpaired) electrons. The van der Waals surface area contributed by atoms with E-state index in [0.29, 0.717) is 17.0 Å². The quantitative estimate of drug-likeness (QED) is 0.604. The highest BCUT2D eigenvalue weighted by Gasteiger charge is 1.95. The molecule has 0 amide bonds. The minimum absolute atomic E-state index is 0.400. The van der Waals surface area contributed by atoms with Crippen molar-refractivity contribution in [1.29, 1.82) is 5.26 Å². The van der Waals surface area contributed by atoms with Gasteiger partial charge in [0.05, 0.1) is 11.6 Å². The van der Waals surface area contributed by atoms with Gasteiger partial charge in [0.15, 0.2) is 0 Å². The van der Waals surface area contributed by atoms with E-state index in [-0.39, 0.29) is 0 Å². The van der Waals surface area contributed by atoms with Gasteiger partial charge < -0.3 is 5.73 Å². The van der Waals surface area contributed by atoms with Crippen LogP contribution in [0, 0.1) is 11.3 Å². The van der Waals surface area contributed by atoms with Crippen molar-refractivity contribution in [2.24, 2.45) is 0 Å². The van der Waals surface area contributed by atoms with Gasteiger partial charge in [0.25, 0.3) is 0 Å². The average molecular weight is 145 g/mol. The Morgan fingerprint density at radius 1 is 1.64 bits per heavy atom. The van der Waals surface area contributed by atoms with E-state index in [9.17, 15) is 0 Å². The molecular formula is C8H7N3. The number of nitrogens with zero attached hydrogens (tertiary/aromatic N) is 2. The first kappa shape index (κ1) is 7.29. The van der Waals surface area contributed by atoms with Gasteiger partial charge in [-0.3, -0.25) is 0 Å². The van der Waals surface area contributed by atoms with E-state index < -0.39 is 0 Å². The highest BCUT2D eigenvalue weighted by atomic mass is 14.8. The second-order valence-electron chi connectivity index (χ2n) is 2.06. The van der Waals surface area contributed by atoms with Gasteiger partial charge in [0.2, 0.25) is 0 Å². The Morgan fingerprint density at radius 2 is 2.36 bits per heavy atom. The number of nitrogen functional groups attached to an aromatic ring is 1. The number of hydrogen-bond acceptors (Lipinski definition) is 3. The SMILES string of the molecule is C=C(C#N)c1ccc(N)nc1. The van der Waals surface area contributed by atoms with Gasteiger partial charge in [0.1, 0.15) is 5.82 Å². The summed E-state index contributed by atoms with van der Waals surface area (Å²) >= 11 is 0. The fourth-order valence-electron chi connectivity index (χ4n) is 0.648. The molecule has 3 heteroatoms. The predicted molar refractivity (Wildman–Crippen MR) is 43.3 cm³/mol. The van der Waals surface area contributed by atoms with Crippen LogP contribution in [0.25, 0.3) is 5.57 Å². The van der Waals surface area contributed by atoms with Crippen LogP contribution in [0.5, 0.6) is 0 Å². The molecule has 3 nitrogen and oxygen atoms in total. The minimum atomic E-state index is 0.400. The second kappa shape index (κ2) is 2.84. The molecule has 1 heterocycles. The van der Waals surface area contributed by atoms with Gasteiger partial charge in [-0.05, 0) is 12.1 Å². The summed E-state index contributed by atoms with van der Waals surface area (Å²) in [6.07, 6.45) is 1.53. The number of nitrogens with two attached hydrogens (primary N) is 1. The third-order valence-electron chi connectivity index (χ3n) is 1.27. The minimum Gasteiger partial charge on any atom is -0.384 e. The van der Waals surface area contributed by atoms with E-state index >= 15 is 0 Å². The Labute approximate surface area is 64.8 Å². The number of rotatable bonds is 1. The monoisotopic (exact) mass is 145 g/mol. The van der Waals surface area contributed by atoms with E-state index in [1.54, 1.807) is 12.1 Å². The van der Waals surface area contributed by atoms with E-state index in [4.69, 9.17) is 11.0 Å². The van der Waals surface area contributed by atoms with Crippen molar-refractivity contribution in [2.45, 2.75) is 0 Å². The molecule has 54 valence electrons. The summed E-state index contributed by atoms with van der Waals surface area (Å²) in [7, 11) is 0. The van der Waals surface area contributed by atoms with Crippen LogP contribution >= 0.6 is 0 Å². The van der Waals surface area contributed by atoms with E-state index in [1.807, 2.05) is 6.07 Å². The Morgan fingerprint density at radius 3 is 2.82 bits per heavy atom. The number of anilines is 1. The molecule has 0 aliphatic carbocycles. The first-order valence-corrected chi connectivity index (χ1v) is 3.05. The zero-order chi connectivity index (χ0) is 8.27. The molecule has 0 bridgehead atoms. The highest BCUT2D eigenvalue weighted by Crippen LogP contribution is 2.09. The summed E-state index contributed by atoms with van der Waals surface area (Å²) < 4.78 is 0. The fourth-order valence-corrected chi connectivity index (χ4v) is 0.648. The van der Waals surface area contributed by atoms with Crippen LogP contribution in [0.3, 0.4) is 0 Å². The number of hydrogen-bond donors (Lipinski definition) is 1. The van der Waals surface area contributed by atoms with Crippen molar-refractivity contribution in [3.05, 3.63) is 30.5 Å². The van der Waals surface area contributed by atoms with Crippen LogP contribution in [0.1, 0.15) is 5.56 Å². The van der Waals surface area contributed by atoms with E-state index in [2.05, 4.69) is 11.6 Å². The van der Waals surface area contributed by atoms with Crippen molar-refractivity contribution in [1.82, 2.24) is 4.98 Å². The highest BCUT2D eigenvalue weighted by molar-refractivity contribution is 5.74. The van der Waals surface area contributed by atoms with Crippen LogP contribution in [0.4, 0.5) is 5.82 Å². The molecule has 0 aliphatic heterocycles. The van der Waals surface area contributed by atoms with Crippen molar-refractivity contribution < 1.29 is 0 Å². The Bertz CT molecular complexity index is 305. The maximum Gasteiger partial charge on any atom is 0.123 e. The van der Waals surface area contributed by atoms with Crippen LogP contribution < -0.4 is 5.73 Å². The molecule has 0 atom stereocenters. The molecule has 0 saturated heterocycles. The van der Waals surface area contributed by atoms with E-state index in [1.165, 1.54) is 6.20 Å². The summed E-state index contributed by atoms with van der Waals surface area (Å²) in [4.78, 5) is 3.81. The smallest absolute Gasteiger partial charge is 0.123 e. The van der Waals surface area contributed by atoms with Crippen molar-refractivity contribution in [3.63, 3.8) is 0 Å². The lowest BCUT2D eigenvalue weighted by Crippen LogP contribution is -1.89. The molecule has 1 aromatic rings. The van der Waals surface area contributed by atoms with Crippen molar-refractivity contribution >= 4 is 11.4 Å². The van der Waals surface area contributed by atoms with Gasteiger partial charge in [-0.15, -0.1) is 0 Å². The maximum absolute atomic E-state index is 8.45. The van der Waals surface area contributed by atoms with Gasteiger partial charge in [-0.2, -0.15) is 5.26 Å². The molecular weight excluding hydrogens is 138 g/mol. The fraction of sp³-hybridized carbons (Fsp3) is 0. The van der Waals surface area contributed by atoms with Gasteiger partial charge >= 0.3 is 0 Å². The summed E-state index contributed by atoms with van der Waals surface area (Å²) in [6.45, 7) is 3.53. The lowest BCUT2D eigenvalue weighted by atomic mass is 10.1. The first-order chi connectivity index (χ1) is 5.24. The topological polar surface area (TPSA) is 62.7 Å². The van der Waals surface area contributed by atoms with Gasteiger partial charge in [-0.25, -0.2) is 4.98 Å². The zero-order valence-corrected chi connectivity index (χ0v) is 5.91. The summed E-state index contributed by atoms with van der Waals surface area (Å²) in [5.74, 6) is 0.444. The lowest BCUT2D eigenvalue weighted by Gasteiger charge is -1.95. The summed E-state index contributed by atoms with van der Waals surface area (Å²) in [5.41, 5.74) is 6.45. The normalized spacial score (nSPS) is 8.64. The molecule has 0 spiro atoms. The zero-order valence-electron chi connectivity index (χ0n) is 5.91. The Kier molecular flexibility index (Phi) is 1.88. The Balaban J connectivity index is 3.01.